The molecule has 5 aliphatic carbocycles. The number of aromatic nitrogens is 1. The fourth-order valence-corrected chi connectivity index (χ4v) is 7.52. The van der Waals surface area contributed by atoms with Gasteiger partial charge in [-0.25, -0.2) is 4.98 Å². The Morgan fingerprint density at radius 2 is 1.90 bits per heavy atom. The number of para-hydroxylation sites is 1. The maximum absolute atomic E-state index is 6.76. The summed E-state index contributed by atoms with van der Waals surface area (Å²) in [5.41, 5.74) is 15.2. The second-order valence-electron chi connectivity index (χ2n) is 12.4. The molecule has 0 saturated carbocycles. The van der Waals surface area contributed by atoms with Crippen molar-refractivity contribution in [3.8, 4) is 17.6 Å². The molecule has 6 aliphatic rings. The summed E-state index contributed by atoms with van der Waals surface area (Å²) in [6.45, 7) is 6.99. The number of hydrogen-bond donors (Lipinski definition) is 0. The molecular formula is C38H33NO. The van der Waals surface area contributed by atoms with Crippen molar-refractivity contribution in [3.63, 3.8) is 0 Å². The first kappa shape index (κ1) is 23.8. The van der Waals surface area contributed by atoms with Gasteiger partial charge in [-0.3, -0.25) is 0 Å². The van der Waals surface area contributed by atoms with Crippen LogP contribution in [0, 0.1) is 23.2 Å². The minimum atomic E-state index is -0.178. The van der Waals surface area contributed by atoms with Gasteiger partial charge in [-0.2, -0.15) is 0 Å². The van der Waals surface area contributed by atoms with Crippen LogP contribution < -0.4 is 4.74 Å². The molecule has 1 atom stereocenters. The van der Waals surface area contributed by atoms with Gasteiger partial charge in [0.25, 0.3) is 0 Å². The van der Waals surface area contributed by atoms with Crippen LogP contribution in [0.15, 0.2) is 82.7 Å². The lowest BCUT2D eigenvalue weighted by Gasteiger charge is -2.27. The van der Waals surface area contributed by atoms with E-state index in [4.69, 9.17) is 9.72 Å². The molecule has 40 heavy (non-hydrogen) atoms. The van der Waals surface area contributed by atoms with Crippen molar-refractivity contribution in [1.29, 1.82) is 0 Å². The Balaban J connectivity index is 1.37. The Bertz CT molecular complexity index is 1800. The van der Waals surface area contributed by atoms with E-state index in [2.05, 4.69) is 99.4 Å². The molecule has 2 heteroatoms. The summed E-state index contributed by atoms with van der Waals surface area (Å²) in [5, 5.41) is 0. The van der Waals surface area contributed by atoms with Crippen LogP contribution in [0.2, 0.25) is 0 Å². The van der Waals surface area contributed by atoms with Gasteiger partial charge in [0, 0.05) is 40.5 Å². The highest BCUT2D eigenvalue weighted by atomic mass is 16.5. The van der Waals surface area contributed by atoms with Crippen molar-refractivity contribution >= 4 is 23.3 Å². The fourth-order valence-electron chi connectivity index (χ4n) is 7.52. The van der Waals surface area contributed by atoms with Crippen molar-refractivity contribution in [2.75, 3.05) is 0 Å². The maximum atomic E-state index is 6.76. The Morgan fingerprint density at radius 1 is 1.00 bits per heavy atom. The molecule has 0 amide bonds. The number of hydrogen-bond acceptors (Lipinski definition) is 2. The summed E-state index contributed by atoms with van der Waals surface area (Å²) >= 11 is 0. The van der Waals surface area contributed by atoms with Gasteiger partial charge in [0.1, 0.15) is 11.5 Å². The van der Waals surface area contributed by atoms with Crippen LogP contribution in [-0.2, 0) is 12.8 Å². The van der Waals surface area contributed by atoms with E-state index in [-0.39, 0.29) is 5.41 Å². The lowest BCUT2D eigenvalue weighted by molar-refractivity contribution is 0.399. The van der Waals surface area contributed by atoms with Crippen LogP contribution in [0.1, 0.15) is 80.1 Å². The Hall–Kier alpha value is -4.09. The highest BCUT2D eigenvalue weighted by Crippen LogP contribution is 2.58. The predicted molar refractivity (Wildman–Crippen MR) is 164 cm³/mol. The van der Waals surface area contributed by atoms with Gasteiger partial charge in [-0.1, -0.05) is 81.2 Å². The summed E-state index contributed by atoms with van der Waals surface area (Å²) in [6.07, 6.45) is 22.0. The van der Waals surface area contributed by atoms with Gasteiger partial charge in [0.05, 0.1) is 11.4 Å². The molecule has 0 fully saturated rings. The van der Waals surface area contributed by atoms with Crippen LogP contribution in [0.5, 0.6) is 5.75 Å². The fraction of sp³-hybridized carbons (Fsp3) is 0.289. The number of benzene rings is 1. The molecule has 0 spiro atoms. The molecule has 8 rings (SSSR count). The van der Waals surface area contributed by atoms with E-state index >= 15 is 0 Å². The quantitative estimate of drug-likeness (QED) is 0.351. The van der Waals surface area contributed by atoms with Gasteiger partial charge in [-0.05, 0) is 83.2 Å². The number of fused-ring (bicyclic) bond motifs is 7. The SMILES string of the molecule is CC1C=Cc2nc(C3=CC4=C(CC3)Oc3ccccc3C3=C4C4=C(C=CCC#C4)C3(C)C)c3c(c2C1)C=CCC3. The summed E-state index contributed by atoms with van der Waals surface area (Å²) in [5.74, 6) is 9.57. The minimum Gasteiger partial charge on any atom is -0.460 e. The van der Waals surface area contributed by atoms with Gasteiger partial charge >= 0.3 is 0 Å². The zero-order valence-electron chi connectivity index (χ0n) is 23.5. The highest BCUT2D eigenvalue weighted by Gasteiger charge is 2.44. The molecule has 0 N–H and O–H groups in total. The van der Waals surface area contributed by atoms with E-state index < -0.39 is 0 Å². The first-order chi connectivity index (χ1) is 19.5. The lowest BCUT2D eigenvalue weighted by atomic mass is 9.76. The number of nitrogens with zero attached hydrogens (tertiary/aromatic N) is 1. The summed E-state index contributed by atoms with van der Waals surface area (Å²) in [6, 6.07) is 8.56. The van der Waals surface area contributed by atoms with Crippen molar-refractivity contribution in [2.24, 2.45) is 11.3 Å². The van der Waals surface area contributed by atoms with Crippen molar-refractivity contribution in [1.82, 2.24) is 4.98 Å². The zero-order valence-corrected chi connectivity index (χ0v) is 23.5. The first-order valence-corrected chi connectivity index (χ1v) is 14.8. The van der Waals surface area contributed by atoms with Crippen LogP contribution in [-0.4, -0.2) is 4.98 Å². The molecule has 2 aromatic rings. The number of allylic oxidation sites excluding steroid dienone is 12. The average Bonchev–Trinajstić information content (AvgIpc) is 3.17. The van der Waals surface area contributed by atoms with Crippen LogP contribution >= 0.6 is 0 Å². The van der Waals surface area contributed by atoms with E-state index in [1.807, 2.05) is 0 Å². The van der Waals surface area contributed by atoms with Crippen LogP contribution in [0.25, 0.3) is 23.3 Å². The minimum absolute atomic E-state index is 0.178. The number of ether oxygens (including phenoxy) is 1. The van der Waals surface area contributed by atoms with E-state index in [1.54, 1.807) is 0 Å². The molecular weight excluding hydrogens is 486 g/mol. The molecule has 1 aromatic heterocycles. The average molecular weight is 520 g/mol. The van der Waals surface area contributed by atoms with Gasteiger partial charge in [0.2, 0.25) is 0 Å². The molecule has 1 aromatic carbocycles. The Kier molecular flexibility index (Phi) is 5.17. The topological polar surface area (TPSA) is 22.1 Å². The third kappa shape index (κ3) is 3.40. The van der Waals surface area contributed by atoms with Crippen molar-refractivity contribution in [3.05, 3.63) is 116 Å². The van der Waals surface area contributed by atoms with Crippen molar-refractivity contribution in [2.45, 2.75) is 59.3 Å². The van der Waals surface area contributed by atoms with Crippen LogP contribution in [0.3, 0.4) is 0 Å². The normalized spacial score (nSPS) is 23.0. The molecule has 2 nitrogen and oxygen atoms in total. The number of rotatable bonds is 1. The van der Waals surface area contributed by atoms with Gasteiger partial charge < -0.3 is 4.74 Å². The molecule has 2 heterocycles. The smallest absolute Gasteiger partial charge is 0.134 e. The number of pyridine rings is 1. The Labute approximate surface area is 237 Å². The molecule has 196 valence electrons. The Morgan fingerprint density at radius 3 is 2.83 bits per heavy atom. The maximum Gasteiger partial charge on any atom is 0.134 e. The largest absolute Gasteiger partial charge is 0.460 e. The standard InChI is InChI=1S/C38H33NO/c1-23-17-19-32-29(21-23)25-11-7-8-12-26(25)37(39-32)24-18-20-34-30(22-24)35-27-13-5-4-6-15-31(27)38(2,3)36(35)28-14-9-10-16-33(28)40-34/h6-7,9-11,14-17,19,22-23H,4,8,12,18,20-21H2,1-3H3. The molecule has 0 saturated heterocycles. The lowest BCUT2D eigenvalue weighted by Crippen LogP contribution is -2.15. The van der Waals surface area contributed by atoms with E-state index in [0.717, 1.165) is 55.7 Å². The molecule has 1 unspecified atom stereocenters. The van der Waals surface area contributed by atoms with E-state index in [9.17, 15) is 0 Å². The van der Waals surface area contributed by atoms with E-state index in [1.165, 1.54) is 61.4 Å². The van der Waals surface area contributed by atoms with Gasteiger partial charge in [0.15, 0.2) is 0 Å². The zero-order chi connectivity index (χ0) is 27.0. The summed E-state index contributed by atoms with van der Waals surface area (Å²) in [4.78, 5) is 5.38. The van der Waals surface area contributed by atoms with Crippen molar-refractivity contribution < 1.29 is 4.74 Å². The van der Waals surface area contributed by atoms with Gasteiger partial charge in [-0.15, -0.1) is 0 Å². The second kappa shape index (κ2) is 8.70. The predicted octanol–water partition coefficient (Wildman–Crippen LogP) is 8.82. The monoisotopic (exact) mass is 519 g/mol. The third-order valence-electron chi connectivity index (χ3n) is 9.42. The third-order valence-corrected chi connectivity index (χ3v) is 9.42. The molecule has 0 radical (unpaired) electrons. The highest BCUT2D eigenvalue weighted by molar-refractivity contribution is 5.95. The second-order valence-corrected chi connectivity index (χ2v) is 12.4. The van der Waals surface area contributed by atoms with Crippen LogP contribution in [0.4, 0.5) is 0 Å². The molecule has 0 bridgehead atoms. The first-order valence-electron chi connectivity index (χ1n) is 14.8. The summed E-state index contributed by atoms with van der Waals surface area (Å²) < 4.78 is 6.76. The summed E-state index contributed by atoms with van der Waals surface area (Å²) in [7, 11) is 0. The molecule has 1 aliphatic heterocycles. The van der Waals surface area contributed by atoms with E-state index in [0.29, 0.717) is 5.92 Å².